The van der Waals surface area contributed by atoms with Crippen LogP contribution in [0.1, 0.15) is 111 Å². The number of hydrogen-bond acceptors (Lipinski definition) is 2. The Labute approximate surface area is 186 Å². The smallest absolute Gasteiger partial charge is 0.113 e. The van der Waals surface area contributed by atoms with E-state index in [9.17, 15) is 5.26 Å². The molecule has 1 aliphatic carbocycles. The third-order valence-electron chi connectivity index (χ3n) is 6.43. The van der Waals surface area contributed by atoms with Crippen molar-refractivity contribution in [3.05, 3.63) is 47.2 Å². The summed E-state index contributed by atoms with van der Waals surface area (Å²) in [6, 6.07) is 8.28. The number of likely N-dealkylation sites (tertiary alicyclic amines) is 1. The van der Waals surface area contributed by atoms with Gasteiger partial charge >= 0.3 is 0 Å². The zero-order chi connectivity index (χ0) is 23.5. The molecule has 0 spiro atoms. The molecule has 3 heteroatoms. The van der Waals surface area contributed by atoms with Crippen LogP contribution in [0, 0.1) is 16.7 Å². The van der Waals surface area contributed by atoms with Gasteiger partial charge in [0.1, 0.15) is 5.67 Å². The van der Waals surface area contributed by atoms with E-state index < -0.39 is 11.1 Å². The topological polar surface area (TPSA) is 27.0 Å². The zero-order valence-corrected chi connectivity index (χ0v) is 21.0. The first-order valence-electron chi connectivity index (χ1n) is 12.0. The fourth-order valence-electron chi connectivity index (χ4n) is 4.40. The Balaban J connectivity index is 0.00000129. The lowest BCUT2D eigenvalue weighted by Crippen LogP contribution is -2.47. The van der Waals surface area contributed by atoms with Gasteiger partial charge in [0.25, 0.3) is 0 Å². The van der Waals surface area contributed by atoms with E-state index in [0.29, 0.717) is 12.0 Å². The van der Waals surface area contributed by atoms with Gasteiger partial charge in [0, 0.05) is 17.7 Å². The third kappa shape index (κ3) is 5.87. The maximum atomic E-state index is 15.4. The van der Waals surface area contributed by atoms with E-state index in [-0.39, 0.29) is 6.04 Å². The van der Waals surface area contributed by atoms with Crippen LogP contribution in [0.3, 0.4) is 0 Å². The molecule has 3 atom stereocenters. The molecular weight excluding hydrogens is 371 g/mol. The molecule has 1 aromatic rings. The number of halogens is 1. The molecule has 3 unspecified atom stereocenters. The molecule has 3 rings (SSSR count). The number of alkyl halides is 1. The molecule has 0 aromatic heterocycles. The molecule has 1 saturated heterocycles. The summed E-state index contributed by atoms with van der Waals surface area (Å²) in [5.74, 6) is 0. The maximum absolute atomic E-state index is 15.4. The number of allylic oxidation sites excluding steroid dienone is 1. The summed E-state index contributed by atoms with van der Waals surface area (Å²) < 4.78 is 15.4. The van der Waals surface area contributed by atoms with Crippen LogP contribution in [0.2, 0.25) is 0 Å². The van der Waals surface area contributed by atoms with Gasteiger partial charge in [0.05, 0.1) is 17.7 Å². The fourth-order valence-corrected chi connectivity index (χ4v) is 4.40. The number of benzene rings is 1. The van der Waals surface area contributed by atoms with Gasteiger partial charge in [-0.15, -0.1) is 0 Å². The van der Waals surface area contributed by atoms with Gasteiger partial charge in [0.15, 0.2) is 0 Å². The average molecular weight is 417 g/mol. The van der Waals surface area contributed by atoms with E-state index in [1.165, 1.54) is 11.1 Å². The second-order valence-electron chi connectivity index (χ2n) is 7.90. The van der Waals surface area contributed by atoms with E-state index in [1.807, 2.05) is 66.7 Å². The van der Waals surface area contributed by atoms with E-state index in [1.54, 1.807) is 6.92 Å². The van der Waals surface area contributed by atoms with Gasteiger partial charge in [-0.1, -0.05) is 68.0 Å². The van der Waals surface area contributed by atoms with Crippen LogP contribution in [0.4, 0.5) is 4.39 Å². The Kier molecular flexibility index (Phi) is 12.0. The molecule has 1 aliphatic heterocycles. The van der Waals surface area contributed by atoms with Crippen molar-refractivity contribution in [1.29, 1.82) is 5.26 Å². The van der Waals surface area contributed by atoms with Crippen molar-refractivity contribution in [1.82, 2.24) is 4.90 Å². The predicted octanol–water partition coefficient (Wildman–Crippen LogP) is 8.38. The minimum atomic E-state index is -1.21. The molecule has 0 saturated carbocycles. The van der Waals surface area contributed by atoms with Crippen LogP contribution < -0.4 is 0 Å². The highest BCUT2D eigenvalue weighted by Crippen LogP contribution is 2.53. The minimum absolute atomic E-state index is 0.128. The van der Waals surface area contributed by atoms with Crippen LogP contribution in [-0.2, 0) is 6.42 Å². The summed E-state index contributed by atoms with van der Waals surface area (Å²) in [5, 5.41) is 9.27. The van der Waals surface area contributed by atoms with Crippen LogP contribution in [0.15, 0.2) is 30.5 Å². The second kappa shape index (κ2) is 12.8. The van der Waals surface area contributed by atoms with Gasteiger partial charge in [-0.3, -0.25) is 0 Å². The number of nitrogens with zero attached hydrogens (tertiary/aromatic N) is 2. The molecule has 0 bridgehead atoms. The molecule has 0 N–H and O–H groups in total. The number of fused-ring (bicyclic) bond motifs is 1. The van der Waals surface area contributed by atoms with E-state index >= 15 is 4.39 Å². The second-order valence-corrected chi connectivity index (χ2v) is 7.90. The Hall–Kier alpha value is -1.82. The van der Waals surface area contributed by atoms with Gasteiger partial charge in [-0.25, -0.2) is 4.39 Å². The summed E-state index contributed by atoms with van der Waals surface area (Å²) in [7, 11) is 0. The van der Waals surface area contributed by atoms with Crippen molar-refractivity contribution in [2.24, 2.45) is 5.41 Å². The van der Waals surface area contributed by atoms with Crippen molar-refractivity contribution in [2.45, 2.75) is 106 Å². The molecule has 1 fully saturated rings. The SMILES string of the molecule is C=C1CCCN1C1CC(C)(C(C)(F)CC)Cc2ccc(C#N)cc21.CC.CC.CC. The summed E-state index contributed by atoms with van der Waals surface area (Å²) in [4.78, 5) is 2.35. The summed E-state index contributed by atoms with van der Waals surface area (Å²) in [5.41, 5.74) is 2.60. The van der Waals surface area contributed by atoms with Crippen molar-refractivity contribution in [2.75, 3.05) is 6.54 Å². The van der Waals surface area contributed by atoms with Gasteiger partial charge in [-0.05, 0) is 62.3 Å². The first-order valence-corrected chi connectivity index (χ1v) is 12.0. The molecule has 0 radical (unpaired) electrons. The molecule has 30 heavy (non-hydrogen) atoms. The predicted molar refractivity (Wildman–Crippen MR) is 129 cm³/mol. The molecule has 0 amide bonds. The lowest BCUT2D eigenvalue weighted by atomic mass is 9.62. The van der Waals surface area contributed by atoms with Crippen LogP contribution >= 0.6 is 0 Å². The monoisotopic (exact) mass is 416 g/mol. The zero-order valence-electron chi connectivity index (χ0n) is 21.0. The van der Waals surface area contributed by atoms with E-state index in [0.717, 1.165) is 37.9 Å². The first kappa shape index (κ1) is 28.2. The third-order valence-corrected chi connectivity index (χ3v) is 6.43. The molecule has 1 heterocycles. The van der Waals surface area contributed by atoms with E-state index in [4.69, 9.17) is 0 Å². The average Bonchev–Trinajstić information content (AvgIpc) is 3.22. The fraction of sp³-hybridized carbons (Fsp3) is 0.667. The standard InChI is InChI=1S/C21H27FN2.3C2H6/c1-5-21(4,22)20(3)12-17-9-8-16(14-23)11-18(17)19(13-20)24-10-6-7-15(24)2;3*1-2/h8-9,11,19H,2,5-7,10,12-13H2,1,3-4H3;3*1-2H3. The van der Waals surface area contributed by atoms with Gasteiger partial charge in [-0.2, -0.15) is 5.26 Å². The lowest BCUT2D eigenvalue weighted by molar-refractivity contribution is -0.0155. The Morgan fingerprint density at radius 2 is 1.83 bits per heavy atom. The van der Waals surface area contributed by atoms with E-state index in [2.05, 4.69) is 24.5 Å². The maximum Gasteiger partial charge on any atom is 0.113 e. The molecule has 170 valence electrons. The highest BCUT2D eigenvalue weighted by atomic mass is 19.1. The van der Waals surface area contributed by atoms with Crippen molar-refractivity contribution in [3.8, 4) is 6.07 Å². The molecule has 2 aliphatic rings. The number of hydrogen-bond donors (Lipinski definition) is 0. The summed E-state index contributed by atoms with van der Waals surface area (Å²) in [6.45, 7) is 23.0. The number of nitriles is 1. The van der Waals surface area contributed by atoms with Crippen molar-refractivity contribution >= 4 is 0 Å². The van der Waals surface area contributed by atoms with Crippen LogP contribution in [-0.4, -0.2) is 17.1 Å². The minimum Gasteiger partial charge on any atom is -0.368 e. The highest BCUT2D eigenvalue weighted by Gasteiger charge is 2.49. The molecule has 1 aromatic carbocycles. The largest absolute Gasteiger partial charge is 0.368 e. The highest BCUT2D eigenvalue weighted by molar-refractivity contribution is 5.43. The van der Waals surface area contributed by atoms with Gasteiger partial charge in [0.2, 0.25) is 0 Å². The van der Waals surface area contributed by atoms with Crippen molar-refractivity contribution < 1.29 is 4.39 Å². The normalized spacial score (nSPS) is 23.8. The molecule has 2 nitrogen and oxygen atoms in total. The van der Waals surface area contributed by atoms with Crippen molar-refractivity contribution in [3.63, 3.8) is 0 Å². The Morgan fingerprint density at radius 3 is 2.30 bits per heavy atom. The number of rotatable bonds is 3. The van der Waals surface area contributed by atoms with Crippen LogP contribution in [0.25, 0.3) is 0 Å². The quantitative estimate of drug-likeness (QED) is 0.494. The molecular formula is C27H45FN2. The first-order chi connectivity index (χ1) is 14.3. The van der Waals surface area contributed by atoms with Gasteiger partial charge < -0.3 is 4.90 Å². The summed E-state index contributed by atoms with van der Waals surface area (Å²) in [6.07, 6.45) is 4.14. The van der Waals surface area contributed by atoms with Crippen LogP contribution in [0.5, 0.6) is 0 Å². The Bertz CT molecular complexity index is 701. The lowest BCUT2D eigenvalue weighted by Gasteiger charge is -2.49. The Morgan fingerprint density at radius 1 is 1.23 bits per heavy atom. The summed E-state index contributed by atoms with van der Waals surface area (Å²) >= 11 is 0.